The van der Waals surface area contributed by atoms with Crippen molar-refractivity contribution in [3.63, 3.8) is 0 Å². The largest absolute Gasteiger partial charge is 0.490 e. The zero-order valence-corrected chi connectivity index (χ0v) is 18.4. The molecule has 178 valence electrons. The highest BCUT2D eigenvalue weighted by molar-refractivity contribution is 5.94. The lowest BCUT2D eigenvalue weighted by Gasteiger charge is -2.35. The maximum Gasteiger partial charge on any atom is 0.416 e. The van der Waals surface area contributed by atoms with Crippen LogP contribution in [-0.2, 0) is 11.0 Å². The third-order valence-electron chi connectivity index (χ3n) is 5.32. The predicted molar refractivity (Wildman–Crippen MR) is 116 cm³/mol. The first-order valence-corrected chi connectivity index (χ1v) is 10.9. The zero-order chi connectivity index (χ0) is 23.8. The lowest BCUT2D eigenvalue weighted by molar-refractivity contribution is -0.137. The van der Waals surface area contributed by atoms with Gasteiger partial charge >= 0.3 is 6.18 Å². The summed E-state index contributed by atoms with van der Waals surface area (Å²) in [6, 6.07) is 11.6. The van der Waals surface area contributed by atoms with E-state index in [9.17, 15) is 22.8 Å². The van der Waals surface area contributed by atoms with Crippen LogP contribution < -0.4 is 9.47 Å². The second-order valence-corrected chi connectivity index (χ2v) is 7.58. The van der Waals surface area contributed by atoms with Crippen LogP contribution in [0.2, 0.25) is 0 Å². The Morgan fingerprint density at radius 1 is 0.879 bits per heavy atom. The van der Waals surface area contributed by atoms with Crippen LogP contribution in [0.1, 0.15) is 35.7 Å². The Morgan fingerprint density at radius 2 is 1.45 bits per heavy atom. The van der Waals surface area contributed by atoms with Gasteiger partial charge in [0.15, 0.2) is 11.5 Å². The minimum absolute atomic E-state index is 0.0154. The Hall–Kier alpha value is -3.23. The van der Waals surface area contributed by atoms with Crippen LogP contribution in [0.5, 0.6) is 11.5 Å². The highest BCUT2D eigenvalue weighted by Crippen LogP contribution is 2.29. The lowest BCUT2D eigenvalue weighted by Crippen LogP contribution is -2.50. The van der Waals surface area contributed by atoms with E-state index in [2.05, 4.69) is 0 Å². The number of hydrogen-bond donors (Lipinski definition) is 0. The van der Waals surface area contributed by atoms with E-state index in [1.54, 1.807) is 9.80 Å². The fourth-order valence-electron chi connectivity index (χ4n) is 3.55. The average Bonchev–Trinajstić information content (AvgIpc) is 2.82. The van der Waals surface area contributed by atoms with Crippen molar-refractivity contribution in [1.82, 2.24) is 9.80 Å². The van der Waals surface area contributed by atoms with Crippen molar-refractivity contribution in [2.24, 2.45) is 0 Å². The molecule has 0 bridgehead atoms. The highest BCUT2D eigenvalue weighted by atomic mass is 19.4. The summed E-state index contributed by atoms with van der Waals surface area (Å²) in [5.74, 6) is 0.956. The molecule has 1 heterocycles. The Morgan fingerprint density at radius 3 is 2.03 bits per heavy atom. The molecule has 6 nitrogen and oxygen atoms in total. The van der Waals surface area contributed by atoms with Gasteiger partial charge in [0.05, 0.1) is 18.8 Å². The molecule has 0 radical (unpaired) electrons. The number of benzene rings is 2. The average molecular weight is 464 g/mol. The van der Waals surface area contributed by atoms with E-state index >= 15 is 0 Å². The number of amides is 2. The van der Waals surface area contributed by atoms with Crippen LogP contribution in [0, 0.1) is 0 Å². The van der Waals surface area contributed by atoms with E-state index in [1.165, 1.54) is 12.1 Å². The number of carbonyl (C=O) groups excluding carboxylic acids is 2. The fraction of sp³-hybridized carbons (Fsp3) is 0.417. The van der Waals surface area contributed by atoms with E-state index in [4.69, 9.17) is 9.47 Å². The Balaban J connectivity index is 1.41. The number of alkyl halides is 3. The monoisotopic (exact) mass is 464 g/mol. The predicted octanol–water partition coefficient (Wildman–Crippen LogP) is 4.25. The summed E-state index contributed by atoms with van der Waals surface area (Å²) in [7, 11) is 0. The first-order valence-electron chi connectivity index (χ1n) is 10.9. The summed E-state index contributed by atoms with van der Waals surface area (Å²) in [5.41, 5.74) is -0.591. The smallest absolute Gasteiger partial charge is 0.416 e. The van der Waals surface area contributed by atoms with Gasteiger partial charge in [-0.2, -0.15) is 13.2 Å². The topological polar surface area (TPSA) is 59.1 Å². The molecule has 33 heavy (non-hydrogen) atoms. The number of carbonyl (C=O) groups is 2. The van der Waals surface area contributed by atoms with E-state index in [1.807, 2.05) is 31.2 Å². The number of ether oxygens (including phenoxy) is 2. The van der Waals surface area contributed by atoms with Gasteiger partial charge in [-0.25, -0.2) is 0 Å². The van der Waals surface area contributed by atoms with Gasteiger partial charge in [0.1, 0.15) is 0 Å². The van der Waals surface area contributed by atoms with Crippen molar-refractivity contribution in [2.75, 3.05) is 39.4 Å². The van der Waals surface area contributed by atoms with Gasteiger partial charge in [-0.3, -0.25) is 9.59 Å². The molecule has 2 aromatic carbocycles. The minimum atomic E-state index is -4.44. The first-order chi connectivity index (χ1) is 15.8. The van der Waals surface area contributed by atoms with Crippen LogP contribution in [-0.4, -0.2) is 61.0 Å². The van der Waals surface area contributed by atoms with Crippen molar-refractivity contribution in [2.45, 2.75) is 25.9 Å². The molecule has 1 aliphatic heterocycles. The van der Waals surface area contributed by atoms with Crippen LogP contribution in [0.15, 0.2) is 48.5 Å². The van der Waals surface area contributed by atoms with Crippen molar-refractivity contribution >= 4 is 11.8 Å². The van der Waals surface area contributed by atoms with Crippen LogP contribution >= 0.6 is 0 Å². The van der Waals surface area contributed by atoms with Gasteiger partial charge < -0.3 is 19.3 Å². The molecule has 1 fully saturated rings. The summed E-state index contributed by atoms with van der Waals surface area (Å²) in [4.78, 5) is 28.3. The van der Waals surface area contributed by atoms with Crippen molar-refractivity contribution < 1.29 is 32.2 Å². The second-order valence-electron chi connectivity index (χ2n) is 7.58. The SMILES string of the molecule is CCOc1ccccc1OCCCC(=O)N1CCN(C(=O)c2ccc(C(F)(F)F)cc2)CC1. The number of para-hydroxylation sites is 2. The van der Waals surface area contributed by atoms with Gasteiger partial charge in [0, 0.05) is 38.2 Å². The Bertz CT molecular complexity index is 939. The highest BCUT2D eigenvalue weighted by Gasteiger charge is 2.31. The fourth-order valence-corrected chi connectivity index (χ4v) is 3.55. The molecule has 0 aliphatic carbocycles. The Kier molecular flexibility index (Phi) is 8.19. The lowest BCUT2D eigenvalue weighted by atomic mass is 10.1. The zero-order valence-electron chi connectivity index (χ0n) is 18.4. The molecule has 0 N–H and O–H groups in total. The standard InChI is InChI=1S/C24H27F3N2O4/c1-2-32-20-6-3-4-7-21(20)33-17-5-8-22(30)28-13-15-29(16-14-28)23(31)18-9-11-19(12-10-18)24(25,26)27/h3-4,6-7,9-12H,2,5,8,13-17H2,1H3. The summed E-state index contributed by atoms with van der Waals surface area (Å²) in [6.45, 7) is 4.26. The molecule has 0 unspecified atom stereocenters. The quantitative estimate of drug-likeness (QED) is 0.548. The number of halogens is 3. The number of rotatable bonds is 8. The Labute approximate surface area is 190 Å². The molecule has 2 aromatic rings. The van der Waals surface area contributed by atoms with E-state index in [0.717, 1.165) is 12.1 Å². The summed E-state index contributed by atoms with van der Waals surface area (Å²) >= 11 is 0. The van der Waals surface area contributed by atoms with Gasteiger partial charge in [0.2, 0.25) is 5.91 Å². The third-order valence-corrected chi connectivity index (χ3v) is 5.32. The normalized spacial score (nSPS) is 14.2. The number of hydrogen-bond acceptors (Lipinski definition) is 4. The van der Waals surface area contributed by atoms with Gasteiger partial charge in [0.25, 0.3) is 5.91 Å². The van der Waals surface area contributed by atoms with E-state index < -0.39 is 11.7 Å². The molecule has 1 saturated heterocycles. The van der Waals surface area contributed by atoms with Crippen LogP contribution in [0.4, 0.5) is 13.2 Å². The molecular weight excluding hydrogens is 437 g/mol. The molecule has 0 saturated carbocycles. The van der Waals surface area contributed by atoms with E-state index in [0.29, 0.717) is 63.7 Å². The molecular formula is C24H27F3N2O4. The summed E-state index contributed by atoms with van der Waals surface area (Å²) in [6.07, 6.45) is -3.57. The maximum atomic E-state index is 12.7. The van der Waals surface area contributed by atoms with Crippen molar-refractivity contribution in [1.29, 1.82) is 0 Å². The van der Waals surface area contributed by atoms with Crippen LogP contribution in [0.3, 0.4) is 0 Å². The summed E-state index contributed by atoms with van der Waals surface area (Å²) < 4.78 is 49.3. The molecule has 0 atom stereocenters. The molecule has 0 spiro atoms. The second kappa shape index (κ2) is 11.1. The third kappa shape index (κ3) is 6.63. The molecule has 9 heteroatoms. The van der Waals surface area contributed by atoms with E-state index in [-0.39, 0.29) is 17.4 Å². The maximum absolute atomic E-state index is 12.7. The van der Waals surface area contributed by atoms with Gasteiger partial charge in [-0.1, -0.05) is 12.1 Å². The van der Waals surface area contributed by atoms with Crippen molar-refractivity contribution in [3.05, 3.63) is 59.7 Å². The number of nitrogens with zero attached hydrogens (tertiary/aromatic N) is 2. The minimum Gasteiger partial charge on any atom is -0.490 e. The van der Waals surface area contributed by atoms with Gasteiger partial charge in [-0.05, 0) is 49.7 Å². The first kappa shape index (κ1) is 24.4. The molecule has 0 aromatic heterocycles. The summed E-state index contributed by atoms with van der Waals surface area (Å²) in [5, 5.41) is 0. The van der Waals surface area contributed by atoms with Gasteiger partial charge in [-0.15, -0.1) is 0 Å². The molecule has 2 amide bonds. The van der Waals surface area contributed by atoms with Crippen LogP contribution in [0.25, 0.3) is 0 Å². The molecule has 1 aliphatic rings. The number of piperazine rings is 1. The van der Waals surface area contributed by atoms with Crippen molar-refractivity contribution in [3.8, 4) is 11.5 Å². The molecule has 3 rings (SSSR count).